The van der Waals surface area contributed by atoms with E-state index in [0.717, 1.165) is 13.0 Å². The number of epoxide rings is 1. The average Bonchev–Trinajstić information content (AvgIpc) is 3.28. The molecule has 3 atom stereocenters. The normalized spacial score (nSPS) is 20.4. The van der Waals surface area contributed by atoms with Gasteiger partial charge in [0.2, 0.25) is 0 Å². The molecule has 0 aromatic rings. The molecule has 1 fully saturated rings. The molecule has 0 amide bonds. The van der Waals surface area contributed by atoms with E-state index < -0.39 is 0 Å². The van der Waals surface area contributed by atoms with Gasteiger partial charge in [-0.15, -0.1) is 0 Å². The molecule has 1 N–H and O–H groups in total. The fourth-order valence-electron chi connectivity index (χ4n) is 3.03. The zero-order valence-electron chi connectivity index (χ0n) is 14.5. The first-order chi connectivity index (χ1) is 10.2. The largest absolute Gasteiger partial charge is 0.393 e. The van der Waals surface area contributed by atoms with Crippen LogP contribution in [0.4, 0.5) is 0 Å². The number of hydrogen-bond acceptors (Lipinski definition) is 2. The molecule has 0 aromatic heterocycles. The van der Waals surface area contributed by atoms with Gasteiger partial charge < -0.3 is 9.84 Å². The molecule has 0 bridgehead atoms. The van der Waals surface area contributed by atoms with Crippen LogP contribution in [0, 0.1) is 5.92 Å². The Hall–Kier alpha value is -0.0800. The van der Waals surface area contributed by atoms with Gasteiger partial charge in [-0.1, -0.05) is 84.5 Å². The summed E-state index contributed by atoms with van der Waals surface area (Å²) in [6, 6.07) is 0. The lowest BCUT2D eigenvalue weighted by Gasteiger charge is -2.17. The lowest BCUT2D eigenvalue weighted by molar-refractivity contribution is 0.0927. The molecular weight excluding hydrogens is 260 g/mol. The molecular formula is C19H38O2. The summed E-state index contributed by atoms with van der Waals surface area (Å²) in [5.41, 5.74) is 0. The molecule has 0 aromatic carbocycles. The van der Waals surface area contributed by atoms with Crippen LogP contribution in [0.2, 0.25) is 0 Å². The highest BCUT2D eigenvalue weighted by molar-refractivity contribution is 4.76. The van der Waals surface area contributed by atoms with Crippen LogP contribution in [0.25, 0.3) is 0 Å². The molecule has 21 heavy (non-hydrogen) atoms. The van der Waals surface area contributed by atoms with Crippen molar-refractivity contribution in [3.8, 4) is 0 Å². The van der Waals surface area contributed by atoms with Crippen LogP contribution in [-0.2, 0) is 4.74 Å². The summed E-state index contributed by atoms with van der Waals surface area (Å²) in [5.74, 6) is 0.438. The number of unbranched alkanes of at least 4 members (excludes halogenated alkanes) is 10. The minimum atomic E-state index is -0.152. The molecule has 2 nitrogen and oxygen atoms in total. The molecule has 0 spiro atoms. The molecule has 2 heteroatoms. The van der Waals surface area contributed by atoms with Gasteiger partial charge in [-0.05, 0) is 12.3 Å². The number of aliphatic hydroxyl groups excluding tert-OH is 1. The van der Waals surface area contributed by atoms with Crippen molar-refractivity contribution in [2.45, 2.75) is 110 Å². The van der Waals surface area contributed by atoms with Crippen LogP contribution < -0.4 is 0 Å². The topological polar surface area (TPSA) is 32.8 Å². The average molecular weight is 299 g/mol. The fourth-order valence-corrected chi connectivity index (χ4v) is 3.03. The Morgan fingerprint density at radius 1 is 0.905 bits per heavy atom. The van der Waals surface area contributed by atoms with E-state index in [0.29, 0.717) is 12.0 Å². The molecule has 126 valence electrons. The molecule has 0 aliphatic carbocycles. The second kappa shape index (κ2) is 12.5. The molecule has 1 aliphatic rings. The first-order valence-electron chi connectivity index (χ1n) is 9.53. The Bertz CT molecular complexity index is 226. The van der Waals surface area contributed by atoms with Crippen LogP contribution in [0.1, 0.15) is 97.3 Å². The summed E-state index contributed by atoms with van der Waals surface area (Å²) in [6.07, 6.45) is 17.5. The zero-order valence-corrected chi connectivity index (χ0v) is 14.5. The van der Waals surface area contributed by atoms with E-state index in [1.165, 1.54) is 77.0 Å². The number of rotatable bonds is 15. The van der Waals surface area contributed by atoms with Crippen LogP contribution in [0.15, 0.2) is 0 Å². The first kappa shape index (κ1) is 19.0. The summed E-state index contributed by atoms with van der Waals surface area (Å²) in [4.78, 5) is 0. The monoisotopic (exact) mass is 298 g/mol. The molecule has 3 unspecified atom stereocenters. The van der Waals surface area contributed by atoms with E-state index in [2.05, 4.69) is 13.8 Å². The van der Waals surface area contributed by atoms with Crippen molar-refractivity contribution in [2.75, 3.05) is 6.61 Å². The maximum absolute atomic E-state index is 10.0. The summed E-state index contributed by atoms with van der Waals surface area (Å²) in [6.45, 7) is 5.32. The van der Waals surface area contributed by atoms with E-state index in [1.807, 2.05) is 0 Å². The summed E-state index contributed by atoms with van der Waals surface area (Å²) < 4.78 is 5.18. The lowest BCUT2D eigenvalue weighted by Crippen LogP contribution is -2.19. The van der Waals surface area contributed by atoms with Crippen molar-refractivity contribution in [3.05, 3.63) is 0 Å². The predicted octanol–water partition coefficient (Wildman–Crippen LogP) is 5.47. The van der Waals surface area contributed by atoms with Crippen LogP contribution >= 0.6 is 0 Å². The molecule has 1 aliphatic heterocycles. The van der Waals surface area contributed by atoms with Crippen molar-refractivity contribution in [1.29, 1.82) is 0 Å². The molecule has 0 saturated carbocycles. The van der Waals surface area contributed by atoms with Gasteiger partial charge in [0, 0.05) is 6.42 Å². The van der Waals surface area contributed by atoms with Gasteiger partial charge in [0.1, 0.15) is 0 Å². The third-order valence-corrected chi connectivity index (χ3v) is 4.83. The van der Waals surface area contributed by atoms with Gasteiger partial charge >= 0.3 is 0 Å². The van der Waals surface area contributed by atoms with E-state index in [9.17, 15) is 5.11 Å². The maximum atomic E-state index is 10.0. The zero-order chi connectivity index (χ0) is 15.3. The Morgan fingerprint density at radius 2 is 1.38 bits per heavy atom. The Morgan fingerprint density at radius 3 is 1.86 bits per heavy atom. The van der Waals surface area contributed by atoms with Gasteiger partial charge in [0.15, 0.2) is 0 Å². The minimum Gasteiger partial charge on any atom is -0.393 e. The van der Waals surface area contributed by atoms with Gasteiger partial charge in [-0.2, -0.15) is 0 Å². The first-order valence-corrected chi connectivity index (χ1v) is 9.53. The SMILES string of the molecule is CCCCCCCCCCCCCC(C)C(O)CC1CO1. The van der Waals surface area contributed by atoms with Crippen molar-refractivity contribution in [1.82, 2.24) is 0 Å². The fraction of sp³-hybridized carbons (Fsp3) is 1.00. The van der Waals surface area contributed by atoms with Crippen molar-refractivity contribution in [3.63, 3.8) is 0 Å². The third kappa shape index (κ3) is 11.2. The third-order valence-electron chi connectivity index (χ3n) is 4.83. The van der Waals surface area contributed by atoms with Gasteiger partial charge in [-0.25, -0.2) is 0 Å². The highest BCUT2D eigenvalue weighted by atomic mass is 16.6. The van der Waals surface area contributed by atoms with Gasteiger partial charge in [0.25, 0.3) is 0 Å². The minimum absolute atomic E-state index is 0.152. The molecule has 1 saturated heterocycles. The summed E-state index contributed by atoms with van der Waals surface area (Å²) in [5, 5.41) is 10.0. The van der Waals surface area contributed by atoms with E-state index in [1.54, 1.807) is 0 Å². The second-order valence-corrected chi connectivity index (χ2v) is 7.06. The van der Waals surface area contributed by atoms with Crippen LogP contribution in [-0.4, -0.2) is 23.9 Å². The quantitative estimate of drug-likeness (QED) is 0.321. The molecule has 0 radical (unpaired) electrons. The smallest absolute Gasteiger partial charge is 0.0834 e. The maximum Gasteiger partial charge on any atom is 0.0834 e. The van der Waals surface area contributed by atoms with Gasteiger partial charge in [0.05, 0.1) is 18.8 Å². The Labute approximate surface area is 132 Å². The molecule has 1 heterocycles. The van der Waals surface area contributed by atoms with Crippen LogP contribution in [0.5, 0.6) is 0 Å². The highest BCUT2D eigenvalue weighted by Crippen LogP contribution is 2.23. The Kier molecular flexibility index (Phi) is 11.3. The second-order valence-electron chi connectivity index (χ2n) is 7.06. The number of aliphatic hydroxyl groups is 1. The Balaban J connectivity index is 1.77. The van der Waals surface area contributed by atoms with E-state index in [4.69, 9.17) is 4.74 Å². The van der Waals surface area contributed by atoms with E-state index in [-0.39, 0.29) is 6.10 Å². The number of ether oxygens (including phenoxy) is 1. The molecule has 1 rings (SSSR count). The summed E-state index contributed by atoms with van der Waals surface area (Å²) in [7, 11) is 0. The summed E-state index contributed by atoms with van der Waals surface area (Å²) >= 11 is 0. The van der Waals surface area contributed by atoms with Gasteiger partial charge in [-0.3, -0.25) is 0 Å². The lowest BCUT2D eigenvalue weighted by atomic mass is 9.94. The predicted molar refractivity (Wildman–Crippen MR) is 90.6 cm³/mol. The van der Waals surface area contributed by atoms with E-state index >= 15 is 0 Å². The highest BCUT2D eigenvalue weighted by Gasteiger charge is 2.27. The van der Waals surface area contributed by atoms with Crippen molar-refractivity contribution >= 4 is 0 Å². The van der Waals surface area contributed by atoms with Crippen molar-refractivity contribution in [2.24, 2.45) is 5.92 Å². The van der Waals surface area contributed by atoms with Crippen LogP contribution in [0.3, 0.4) is 0 Å². The standard InChI is InChI=1S/C19H38O2/c1-3-4-5-6-7-8-9-10-11-12-13-14-17(2)19(20)15-18-16-21-18/h17-20H,3-16H2,1-2H3. The number of hydrogen-bond donors (Lipinski definition) is 1. The van der Waals surface area contributed by atoms with Crippen molar-refractivity contribution < 1.29 is 9.84 Å².